The van der Waals surface area contributed by atoms with Gasteiger partial charge >= 0.3 is 6.18 Å². The van der Waals surface area contributed by atoms with Gasteiger partial charge in [-0.3, -0.25) is 4.79 Å². The molecule has 0 aliphatic carbocycles. The zero-order valence-electron chi connectivity index (χ0n) is 15.5. The molecule has 5 heteroatoms. The van der Waals surface area contributed by atoms with E-state index in [9.17, 15) is 18.0 Å². The molecule has 0 saturated carbocycles. The van der Waals surface area contributed by atoms with Crippen LogP contribution in [0.4, 0.5) is 13.2 Å². The van der Waals surface area contributed by atoms with E-state index in [1.54, 1.807) is 30.3 Å². The summed E-state index contributed by atoms with van der Waals surface area (Å²) in [6.07, 6.45) is -0.704. The van der Waals surface area contributed by atoms with Crippen LogP contribution in [0.2, 0.25) is 0 Å². The molecule has 0 bridgehead atoms. The summed E-state index contributed by atoms with van der Waals surface area (Å²) in [7, 11) is 0. The Morgan fingerprint density at radius 2 is 1.63 bits per heavy atom. The number of alkyl halides is 3. The van der Waals surface area contributed by atoms with E-state index in [0.717, 1.165) is 19.3 Å². The zero-order chi connectivity index (χ0) is 19.7. The Kier molecular flexibility index (Phi) is 7.89. The second kappa shape index (κ2) is 10.1. The van der Waals surface area contributed by atoms with E-state index >= 15 is 0 Å². The van der Waals surface area contributed by atoms with Crippen LogP contribution in [0, 0.1) is 0 Å². The highest BCUT2D eigenvalue weighted by atomic mass is 19.4. The number of Topliss-reactive ketones (excluding diaryl/α,β-unsaturated/α-hetero) is 1. The standard InChI is InChI=1S/C22H25F3O2/c1-2-3-4-8-15-27-19-13-11-18(12-14-19)21(26)16-20(22(23,24)25)17-9-6-5-7-10-17/h5-7,9-14,20H,2-4,8,15-16H2,1H3. The molecule has 27 heavy (non-hydrogen) atoms. The third-order valence-corrected chi connectivity index (χ3v) is 4.43. The van der Waals surface area contributed by atoms with Gasteiger partial charge in [-0.15, -0.1) is 0 Å². The Balaban J connectivity index is 1.97. The van der Waals surface area contributed by atoms with Crippen molar-refractivity contribution < 1.29 is 22.7 Å². The lowest BCUT2D eigenvalue weighted by atomic mass is 9.91. The topological polar surface area (TPSA) is 26.3 Å². The number of carbonyl (C=O) groups excluding carboxylic acids is 1. The van der Waals surface area contributed by atoms with Crippen LogP contribution in [0.5, 0.6) is 5.75 Å². The van der Waals surface area contributed by atoms with Gasteiger partial charge in [0.15, 0.2) is 5.78 Å². The number of carbonyl (C=O) groups is 1. The highest BCUT2D eigenvalue weighted by Crippen LogP contribution is 2.38. The average molecular weight is 378 g/mol. The molecule has 2 rings (SSSR count). The lowest BCUT2D eigenvalue weighted by Gasteiger charge is -2.20. The van der Waals surface area contributed by atoms with Crippen molar-refractivity contribution in [2.45, 2.75) is 51.1 Å². The van der Waals surface area contributed by atoms with Crippen molar-refractivity contribution in [3.05, 3.63) is 65.7 Å². The number of hydrogen-bond donors (Lipinski definition) is 0. The van der Waals surface area contributed by atoms with E-state index in [1.165, 1.54) is 30.7 Å². The number of benzene rings is 2. The van der Waals surface area contributed by atoms with Crippen molar-refractivity contribution >= 4 is 5.78 Å². The Labute approximate surface area is 158 Å². The SMILES string of the molecule is CCCCCCOc1ccc(C(=O)CC(c2ccccc2)C(F)(F)F)cc1. The van der Waals surface area contributed by atoms with Crippen LogP contribution in [0.1, 0.15) is 60.9 Å². The molecule has 0 aliphatic heterocycles. The smallest absolute Gasteiger partial charge is 0.396 e. The van der Waals surface area contributed by atoms with Gasteiger partial charge in [0.2, 0.25) is 0 Å². The molecule has 0 amide bonds. The van der Waals surface area contributed by atoms with Gasteiger partial charge < -0.3 is 4.74 Å². The lowest BCUT2D eigenvalue weighted by molar-refractivity contribution is -0.149. The molecule has 2 aromatic rings. The first-order valence-electron chi connectivity index (χ1n) is 9.29. The quantitative estimate of drug-likeness (QED) is 0.345. The molecular weight excluding hydrogens is 353 g/mol. The fraction of sp³-hybridized carbons (Fsp3) is 0.409. The lowest BCUT2D eigenvalue weighted by Crippen LogP contribution is -2.23. The summed E-state index contributed by atoms with van der Waals surface area (Å²) in [6.45, 7) is 2.73. The van der Waals surface area contributed by atoms with Gasteiger partial charge in [-0.25, -0.2) is 0 Å². The predicted octanol–water partition coefficient (Wildman–Crippen LogP) is 6.56. The van der Waals surface area contributed by atoms with Crippen molar-refractivity contribution in [3.8, 4) is 5.75 Å². The third-order valence-electron chi connectivity index (χ3n) is 4.43. The Hall–Kier alpha value is -2.30. The van der Waals surface area contributed by atoms with E-state index in [4.69, 9.17) is 4.74 Å². The molecule has 0 radical (unpaired) electrons. The summed E-state index contributed by atoms with van der Waals surface area (Å²) >= 11 is 0. The highest BCUT2D eigenvalue weighted by molar-refractivity contribution is 5.96. The van der Waals surface area contributed by atoms with E-state index in [-0.39, 0.29) is 11.1 Å². The van der Waals surface area contributed by atoms with Crippen LogP contribution >= 0.6 is 0 Å². The Bertz CT molecular complexity index is 694. The molecule has 0 saturated heterocycles. The number of halogens is 3. The average Bonchev–Trinajstić information content (AvgIpc) is 2.66. The maximum absolute atomic E-state index is 13.4. The molecule has 0 heterocycles. The molecule has 2 nitrogen and oxygen atoms in total. The monoisotopic (exact) mass is 378 g/mol. The summed E-state index contributed by atoms with van der Waals surface area (Å²) in [5.74, 6) is -1.71. The fourth-order valence-electron chi connectivity index (χ4n) is 2.87. The Morgan fingerprint density at radius 3 is 2.22 bits per heavy atom. The van der Waals surface area contributed by atoms with Gasteiger partial charge in [0.1, 0.15) is 5.75 Å². The van der Waals surface area contributed by atoms with Crippen molar-refractivity contribution in [2.75, 3.05) is 6.61 Å². The van der Waals surface area contributed by atoms with Crippen LogP contribution in [0.25, 0.3) is 0 Å². The number of unbranched alkanes of at least 4 members (excludes halogenated alkanes) is 3. The number of ether oxygens (including phenoxy) is 1. The second-order valence-electron chi connectivity index (χ2n) is 6.57. The molecule has 1 unspecified atom stereocenters. The number of hydrogen-bond acceptors (Lipinski definition) is 2. The summed E-state index contributed by atoms with van der Waals surface area (Å²) in [6, 6.07) is 13.9. The summed E-state index contributed by atoms with van der Waals surface area (Å²) in [5, 5.41) is 0. The summed E-state index contributed by atoms with van der Waals surface area (Å²) < 4.78 is 45.8. The summed E-state index contributed by atoms with van der Waals surface area (Å²) in [4.78, 5) is 12.4. The van der Waals surface area contributed by atoms with Crippen molar-refractivity contribution in [1.29, 1.82) is 0 Å². The maximum Gasteiger partial charge on any atom is 0.396 e. The first-order chi connectivity index (χ1) is 12.9. The molecule has 2 aromatic carbocycles. The first-order valence-corrected chi connectivity index (χ1v) is 9.29. The van der Waals surface area contributed by atoms with Gasteiger partial charge in [-0.05, 0) is 36.2 Å². The van der Waals surface area contributed by atoms with Crippen LogP contribution in [0.15, 0.2) is 54.6 Å². The molecule has 0 spiro atoms. The van der Waals surface area contributed by atoms with E-state index in [0.29, 0.717) is 12.4 Å². The van der Waals surface area contributed by atoms with Crippen molar-refractivity contribution in [3.63, 3.8) is 0 Å². The van der Waals surface area contributed by atoms with E-state index in [1.807, 2.05) is 0 Å². The summed E-state index contributed by atoms with van der Waals surface area (Å²) in [5.41, 5.74) is 0.365. The van der Waals surface area contributed by atoms with Crippen LogP contribution in [0.3, 0.4) is 0 Å². The molecule has 146 valence electrons. The zero-order valence-corrected chi connectivity index (χ0v) is 15.5. The van der Waals surface area contributed by atoms with Crippen LogP contribution in [-0.2, 0) is 0 Å². The van der Waals surface area contributed by atoms with Gasteiger partial charge in [0.05, 0.1) is 12.5 Å². The van der Waals surface area contributed by atoms with Crippen molar-refractivity contribution in [2.24, 2.45) is 0 Å². The molecule has 0 N–H and O–H groups in total. The highest BCUT2D eigenvalue weighted by Gasteiger charge is 2.41. The molecule has 0 aromatic heterocycles. The minimum Gasteiger partial charge on any atom is -0.494 e. The molecule has 1 atom stereocenters. The molecule has 0 aliphatic rings. The largest absolute Gasteiger partial charge is 0.494 e. The minimum absolute atomic E-state index is 0.102. The fourth-order valence-corrected chi connectivity index (χ4v) is 2.87. The molecule has 0 fully saturated rings. The minimum atomic E-state index is -4.47. The van der Waals surface area contributed by atoms with Gasteiger partial charge in [0.25, 0.3) is 0 Å². The number of ketones is 1. The third kappa shape index (κ3) is 6.74. The van der Waals surface area contributed by atoms with Crippen LogP contribution < -0.4 is 4.74 Å². The van der Waals surface area contributed by atoms with Gasteiger partial charge in [0, 0.05) is 12.0 Å². The van der Waals surface area contributed by atoms with Gasteiger partial charge in [-0.1, -0.05) is 56.5 Å². The van der Waals surface area contributed by atoms with Crippen molar-refractivity contribution in [1.82, 2.24) is 0 Å². The van der Waals surface area contributed by atoms with Crippen LogP contribution in [-0.4, -0.2) is 18.6 Å². The van der Waals surface area contributed by atoms with E-state index in [2.05, 4.69) is 6.92 Å². The second-order valence-corrected chi connectivity index (χ2v) is 6.57. The predicted molar refractivity (Wildman–Crippen MR) is 100 cm³/mol. The normalized spacial score (nSPS) is 12.6. The number of rotatable bonds is 10. The van der Waals surface area contributed by atoms with Gasteiger partial charge in [-0.2, -0.15) is 13.2 Å². The Morgan fingerprint density at radius 1 is 0.963 bits per heavy atom. The maximum atomic E-state index is 13.4. The van der Waals surface area contributed by atoms with E-state index < -0.39 is 24.3 Å². The molecular formula is C22H25F3O2. The first kappa shape index (κ1) is 21.0.